The summed E-state index contributed by atoms with van der Waals surface area (Å²) >= 11 is 12.1. The minimum absolute atomic E-state index is 0.291. The Morgan fingerprint density at radius 3 is 2.50 bits per heavy atom. The minimum Gasteiger partial charge on any atom is -0.274 e. The van der Waals surface area contributed by atoms with Crippen molar-refractivity contribution in [3.8, 4) is 11.8 Å². The Morgan fingerprint density at radius 1 is 1.17 bits per heavy atom. The van der Waals surface area contributed by atoms with Crippen molar-refractivity contribution in [2.45, 2.75) is 13.5 Å². The number of hydrogen-bond donors (Lipinski definition) is 0. The van der Waals surface area contributed by atoms with Crippen molar-refractivity contribution in [3.63, 3.8) is 0 Å². The zero-order chi connectivity index (χ0) is 17.3. The third kappa shape index (κ3) is 3.07. The molecule has 1 aromatic heterocycles. The molecular formula is C17H12Cl2N4O. The van der Waals surface area contributed by atoms with Crippen molar-refractivity contribution in [2.75, 3.05) is 0 Å². The van der Waals surface area contributed by atoms with E-state index in [4.69, 9.17) is 28.5 Å². The van der Waals surface area contributed by atoms with Crippen molar-refractivity contribution in [1.29, 1.82) is 5.26 Å². The summed E-state index contributed by atoms with van der Waals surface area (Å²) in [6.07, 6.45) is 0. The second-order valence-corrected chi connectivity index (χ2v) is 6.08. The molecule has 120 valence electrons. The molecule has 0 aliphatic carbocycles. The molecule has 0 spiro atoms. The van der Waals surface area contributed by atoms with Crippen LogP contribution in [0.1, 0.15) is 17.0 Å². The molecule has 24 heavy (non-hydrogen) atoms. The number of benzene rings is 2. The fraction of sp³-hybridized carbons (Fsp3) is 0.118. The van der Waals surface area contributed by atoms with Crippen molar-refractivity contribution in [3.05, 3.63) is 79.9 Å². The zero-order valence-corrected chi connectivity index (χ0v) is 14.2. The van der Waals surface area contributed by atoms with E-state index >= 15 is 0 Å². The van der Waals surface area contributed by atoms with Gasteiger partial charge in [0.2, 0.25) is 0 Å². The smallest absolute Gasteiger partial charge is 0.274 e. The molecule has 0 atom stereocenters. The van der Waals surface area contributed by atoms with Gasteiger partial charge in [0.1, 0.15) is 5.82 Å². The van der Waals surface area contributed by atoms with Crippen molar-refractivity contribution < 1.29 is 0 Å². The summed E-state index contributed by atoms with van der Waals surface area (Å²) in [7, 11) is 0. The van der Waals surface area contributed by atoms with E-state index in [9.17, 15) is 4.79 Å². The molecule has 0 aliphatic rings. The average molecular weight is 359 g/mol. The number of aryl methyl sites for hydroxylation is 1. The number of aromatic nitrogens is 3. The van der Waals surface area contributed by atoms with Gasteiger partial charge in [0.05, 0.1) is 28.9 Å². The summed E-state index contributed by atoms with van der Waals surface area (Å²) < 4.78 is 2.81. The molecule has 0 fully saturated rings. The van der Waals surface area contributed by atoms with E-state index in [2.05, 4.69) is 11.2 Å². The van der Waals surface area contributed by atoms with Crippen LogP contribution in [0.25, 0.3) is 5.69 Å². The summed E-state index contributed by atoms with van der Waals surface area (Å²) in [4.78, 5) is 12.7. The molecule has 2 aromatic carbocycles. The lowest BCUT2D eigenvalue weighted by Crippen LogP contribution is -2.24. The largest absolute Gasteiger partial charge is 0.351 e. The lowest BCUT2D eigenvalue weighted by atomic mass is 10.1. The highest BCUT2D eigenvalue weighted by Crippen LogP contribution is 2.23. The first-order chi connectivity index (χ1) is 11.5. The van der Waals surface area contributed by atoms with Gasteiger partial charge in [-0.2, -0.15) is 15.0 Å². The van der Waals surface area contributed by atoms with E-state index in [0.717, 1.165) is 5.56 Å². The van der Waals surface area contributed by atoms with Gasteiger partial charge in [-0.15, -0.1) is 0 Å². The highest BCUT2D eigenvalue weighted by Gasteiger charge is 2.14. The Kier molecular flexibility index (Phi) is 4.43. The molecule has 3 aromatic rings. The van der Waals surface area contributed by atoms with Crippen LogP contribution in [0, 0.1) is 18.3 Å². The molecule has 0 N–H and O–H groups in total. The lowest BCUT2D eigenvalue weighted by molar-refractivity contribution is 0.723. The molecule has 0 saturated heterocycles. The third-order valence-corrected chi connectivity index (χ3v) is 4.15. The molecule has 7 heteroatoms. The first-order valence-corrected chi connectivity index (χ1v) is 7.86. The van der Waals surface area contributed by atoms with Gasteiger partial charge in [0.25, 0.3) is 0 Å². The highest BCUT2D eigenvalue weighted by atomic mass is 35.5. The van der Waals surface area contributed by atoms with Crippen molar-refractivity contribution >= 4 is 23.2 Å². The molecule has 0 amide bonds. The summed E-state index contributed by atoms with van der Waals surface area (Å²) in [5.41, 5.74) is 1.67. The molecule has 0 unspecified atom stereocenters. The van der Waals surface area contributed by atoms with Crippen LogP contribution in [-0.2, 0) is 6.54 Å². The number of halogens is 2. The van der Waals surface area contributed by atoms with Crippen LogP contribution in [0.5, 0.6) is 0 Å². The summed E-state index contributed by atoms with van der Waals surface area (Å²) in [6, 6.07) is 14.0. The Labute approximate surface area is 148 Å². The average Bonchev–Trinajstić information content (AvgIpc) is 2.84. The Bertz CT molecular complexity index is 997. The Balaban J connectivity index is 2.00. The maximum atomic E-state index is 12.7. The Morgan fingerprint density at radius 2 is 1.88 bits per heavy atom. The number of hydrogen-bond acceptors (Lipinski definition) is 3. The van der Waals surface area contributed by atoms with E-state index < -0.39 is 0 Å². The molecular weight excluding hydrogens is 347 g/mol. The van der Waals surface area contributed by atoms with Gasteiger partial charge in [-0.3, -0.25) is 4.57 Å². The monoisotopic (exact) mass is 358 g/mol. The van der Waals surface area contributed by atoms with E-state index in [1.807, 2.05) is 12.1 Å². The van der Waals surface area contributed by atoms with Crippen LogP contribution in [0.2, 0.25) is 10.0 Å². The van der Waals surface area contributed by atoms with Crippen LogP contribution < -0.4 is 5.69 Å². The van der Waals surface area contributed by atoms with Gasteiger partial charge in [-0.05, 0) is 42.8 Å². The van der Waals surface area contributed by atoms with E-state index in [-0.39, 0.29) is 5.69 Å². The minimum atomic E-state index is -0.291. The van der Waals surface area contributed by atoms with Gasteiger partial charge in [-0.25, -0.2) is 4.79 Å². The van der Waals surface area contributed by atoms with Crippen LogP contribution in [0.4, 0.5) is 0 Å². The highest BCUT2D eigenvalue weighted by molar-refractivity contribution is 6.35. The molecule has 0 bridgehead atoms. The number of nitrogens with zero attached hydrogens (tertiary/aromatic N) is 4. The Hall–Kier alpha value is -2.55. The van der Waals surface area contributed by atoms with Crippen LogP contribution in [-0.4, -0.2) is 14.3 Å². The summed E-state index contributed by atoms with van der Waals surface area (Å²) in [5.74, 6) is 0.565. The molecule has 3 rings (SSSR count). The fourth-order valence-electron chi connectivity index (χ4n) is 2.35. The first kappa shape index (κ1) is 16.3. The molecule has 0 radical (unpaired) electrons. The topological polar surface area (TPSA) is 63.6 Å². The van der Waals surface area contributed by atoms with Crippen molar-refractivity contribution in [1.82, 2.24) is 14.3 Å². The lowest BCUT2D eigenvalue weighted by Gasteiger charge is -2.04. The second-order valence-electron chi connectivity index (χ2n) is 5.23. The molecule has 0 aliphatic heterocycles. The predicted molar refractivity (Wildman–Crippen MR) is 92.8 cm³/mol. The third-order valence-electron chi connectivity index (χ3n) is 3.61. The molecule has 0 saturated carbocycles. The van der Waals surface area contributed by atoms with E-state index in [1.165, 1.54) is 4.68 Å². The van der Waals surface area contributed by atoms with Crippen molar-refractivity contribution in [2.24, 2.45) is 0 Å². The van der Waals surface area contributed by atoms with Crippen LogP contribution >= 0.6 is 23.2 Å². The maximum absolute atomic E-state index is 12.7. The molecule has 1 heterocycles. The fourth-order valence-corrected chi connectivity index (χ4v) is 2.84. The van der Waals surface area contributed by atoms with Gasteiger partial charge in [-0.1, -0.05) is 35.3 Å². The van der Waals surface area contributed by atoms with Crippen LogP contribution in [0.15, 0.2) is 47.3 Å². The SMILES string of the molecule is Cc1nn(-c2ccc(Cl)cc2Cl)c(=O)n1Cc1ccc(C#N)cc1. The van der Waals surface area contributed by atoms with Gasteiger partial charge in [0, 0.05) is 5.02 Å². The number of rotatable bonds is 3. The maximum Gasteiger partial charge on any atom is 0.351 e. The quantitative estimate of drug-likeness (QED) is 0.718. The van der Waals surface area contributed by atoms with Gasteiger partial charge >= 0.3 is 5.69 Å². The van der Waals surface area contributed by atoms with Gasteiger partial charge < -0.3 is 0 Å². The standard InChI is InChI=1S/C17H12Cl2N4O/c1-11-21-23(16-7-6-14(18)8-15(16)19)17(24)22(11)10-13-4-2-12(9-20)3-5-13/h2-8H,10H2,1H3. The van der Waals surface area contributed by atoms with Crippen LogP contribution in [0.3, 0.4) is 0 Å². The zero-order valence-electron chi connectivity index (χ0n) is 12.7. The first-order valence-electron chi connectivity index (χ1n) is 7.10. The summed E-state index contributed by atoms with van der Waals surface area (Å²) in [5, 5.41) is 14.0. The second kappa shape index (κ2) is 6.52. The normalized spacial score (nSPS) is 10.6. The molecule has 5 nitrogen and oxygen atoms in total. The van der Waals surface area contributed by atoms with E-state index in [1.54, 1.807) is 41.8 Å². The summed E-state index contributed by atoms with van der Waals surface area (Å²) in [6.45, 7) is 2.12. The van der Waals surface area contributed by atoms with Gasteiger partial charge in [0.15, 0.2) is 0 Å². The number of nitriles is 1. The predicted octanol–water partition coefficient (Wildman–Crippen LogP) is 3.57. The van der Waals surface area contributed by atoms with E-state index in [0.29, 0.717) is 33.7 Å².